The van der Waals surface area contributed by atoms with Gasteiger partial charge in [-0.1, -0.05) is 44.3 Å². The summed E-state index contributed by atoms with van der Waals surface area (Å²) in [7, 11) is 0. The first-order chi connectivity index (χ1) is 16.2. The number of esters is 1. The molecule has 0 aliphatic heterocycles. The van der Waals surface area contributed by atoms with Crippen LogP contribution in [0.15, 0.2) is 12.2 Å². The summed E-state index contributed by atoms with van der Waals surface area (Å²) < 4.78 is 15.5. The molecule has 0 unspecified atom stereocenters. The SMILES string of the molecule is CCNC(=O)NCCCC/C=C\CCCCCCCCCC(=O)OCCOCCOCCO. The van der Waals surface area contributed by atoms with Crippen LogP contribution in [-0.2, 0) is 19.0 Å². The third kappa shape index (κ3) is 26.5. The van der Waals surface area contributed by atoms with Gasteiger partial charge in [-0.15, -0.1) is 0 Å². The van der Waals surface area contributed by atoms with Crippen LogP contribution < -0.4 is 10.6 Å². The number of ether oxygens (including phenoxy) is 3. The van der Waals surface area contributed by atoms with Crippen LogP contribution in [0.4, 0.5) is 4.79 Å². The molecule has 0 aromatic rings. The van der Waals surface area contributed by atoms with Crippen LogP contribution in [-0.4, -0.2) is 69.8 Å². The summed E-state index contributed by atoms with van der Waals surface area (Å²) in [5.41, 5.74) is 0. The summed E-state index contributed by atoms with van der Waals surface area (Å²) in [6.45, 7) is 5.17. The molecule has 0 aliphatic rings. The number of nitrogens with one attached hydrogen (secondary N) is 2. The Bertz CT molecular complexity index is 474. The zero-order valence-electron chi connectivity index (χ0n) is 20.8. The molecule has 0 atom stereocenters. The Hall–Kier alpha value is -1.64. The van der Waals surface area contributed by atoms with E-state index in [-0.39, 0.29) is 25.2 Å². The number of hydrogen-bond donors (Lipinski definition) is 3. The maximum atomic E-state index is 11.6. The number of allylic oxidation sites excluding steroid dienone is 2. The Morgan fingerprint density at radius 1 is 0.727 bits per heavy atom. The normalized spacial score (nSPS) is 11.1. The van der Waals surface area contributed by atoms with Crippen LogP contribution in [0, 0.1) is 0 Å². The van der Waals surface area contributed by atoms with Crippen molar-refractivity contribution < 1.29 is 28.9 Å². The lowest BCUT2D eigenvalue weighted by Gasteiger charge is -2.06. The number of carbonyl (C=O) groups is 2. The van der Waals surface area contributed by atoms with Crippen LogP contribution >= 0.6 is 0 Å². The summed E-state index contributed by atoms with van der Waals surface area (Å²) in [4.78, 5) is 22.9. The van der Waals surface area contributed by atoms with E-state index < -0.39 is 0 Å². The minimum absolute atomic E-state index is 0.0125. The molecule has 0 fully saturated rings. The van der Waals surface area contributed by atoms with Crippen LogP contribution in [0.1, 0.15) is 84.0 Å². The molecule has 0 heterocycles. The number of aliphatic hydroxyl groups is 1. The number of rotatable bonds is 24. The lowest BCUT2D eigenvalue weighted by molar-refractivity contribution is -0.145. The third-order valence-electron chi connectivity index (χ3n) is 4.94. The Morgan fingerprint density at radius 2 is 1.30 bits per heavy atom. The second kappa shape index (κ2) is 26.6. The Morgan fingerprint density at radius 3 is 1.97 bits per heavy atom. The van der Waals surface area contributed by atoms with Crippen LogP contribution in [0.2, 0.25) is 0 Å². The van der Waals surface area contributed by atoms with Crippen molar-refractivity contribution in [3.05, 3.63) is 12.2 Å². The minimum Gasteiger partial charge on any atom is -0.463 e. The van der Waals surface area contributed by atoms with Crippen molar-refractivity contribution in [3.8, 4) is 0 Å². The molecule has 0 radical (unpaired) electrons. The summed E-state index contributed by atoms with van der Waals surface area (Å²) in [5.74, 6) is -0.153. The zero-order valence-corrected chi connectivity index (χ0v) is 20.8. The summed E-state index contributed by atoms with van der Waals surface area (Å²) in [6.07, 6.45) is 17.4. The molecule has 0 bridgehead atoms. The average Bonchev–Trinajstić information content (AvgIpc) is 2.80. The lowest BCUT2D eigenvalue weighted by atomic mass is 10.1. The number of amides is 2. The first-order valence-electron chi connectivity index (χ1n) is 12.8. The highest BCUT2D eigenvalue weighted by molar-refractivity contribution is 5.73. The van der Waals surface area contributed by atoms with Crippen LogP contribution in [0.5, 0.6) is 0 Å². The van der Waals surface area contributed by atoms with Gasteiger partial charge in [0, 0.05) is 19.5 Å². The molecule has 3 N–H and O–H groups in total. The first-order valence-corrected chi connectivity index (χ1v) is 12.8. The summed E-state index contributed by atoms with van der Waals surface area (Å²) in [6, 6.07) is -0.0776. The molecule has 0 saturated heterocycles. The smallest absolute Gasteiger partial charge is 0.314 e. The molecule has 194 valence electrons. The topological polar surface area (TPSA) is 106 Å². The second-order valence-electron chi connectivity index (χ2n) is 7.94. The van der Waals surface area contributed by atoms with Crippen LogP contribution in [0.25, 0.3) is 0 Å². The largest absolute Gasteiger partial charge is 0.463 e. The predicted octanol–water partition coefficient (Wildman–Crippen LogP) is 4.11. The molecule has 33 heavy (non-hydrogen) atoms. The summed E-state index contributed by atoms with van der Waals surface area (Å²) >= 11 is 0. The van der Waals surface area contributed by atoms with E-state index in [9.17, 15) is 9.59 Å². The fraction of sp³-hybridized carbons (Fsp3) is 0.840. The number of unbranched alkanes of at least 4 members (excludes halogenated alkanes) is 9. The van der Waals surface area contributed by atoms with Gasteiger partial charge in [0.1, 0.15) is 6.61 Å². The zero-order chi connectivity index (χ0) is 24.2. The molecular formula is C25H48N2O6. The number of hydrogen-bond acceptors (Lipinski definition) is 6. The number of urea groups is 1. The van der Waals surface area contributed by atoms with E-state index in [1.54, 1.807) is 0 Å². The van der Waals surface area contributed by atoms with Crippen molar-refractivity contribution in [2.24, 2.45) is 0 Å². The molecule has 0 spiro atoms. The van der Waals surface area contributed by atoms with Gasteiger partial charge in [0.15, 0.2) is 0 Å². The van der Waals surface area contributed by atoms with Crippen LogP contribution in [0.3, 0.4) is 0 Å². The van der Waals surface area contributed by atoms with Crippen molar-refractivity contribution in [3.63, 3.8) is 0 Å². The van der Waals surface area contributed by atoms with Gasteiger partial charge in [-0.05, 0) is 45.4 Å². The highest BCUT2D eigenvalue weighted by Gasteiger charge is 2.02. The van der Waals surface area contributed by atoms with Gasteiger partial charge in [0.25, 0.3) is 0 Å². The van der Waals surface area contributed by atoms with Gasteiger partial charge in [-0.25, -0.2) is 4.79 Å². The van der Waals surface area contributed by atoms with E-state index in [1.165, 1.54) is 32.1 Å². The van der Waals surface area contributed by atoms with Crippen molar-refractivity contribution in [1.82, 2.24) is 10.6 Å². The van der Waals surface area contributed by atoms with Crippen molar-refractivity contribution in [2.75, 3.05) is 52.7 Å². The van der Waals surface area contributed by atoms with Gasteiger partial charge in [0.2, 0.25) is 0 Å². The van der Waals surface area contributed by atoms with E-state index in [4.69, 9.17) is 19.3 Å². The standard InChI is InChI=1S/C25H48N2O6/c1-2-26-25(30)27-17-15-13-11-9-7-5-3-4-6-8-10-12-14-16-24(29)33-23-22-32-21-20-31-19-18-28/h7,9,28H,2-6,8,10-23H2,1H3,(H2,26,27,30)/b9-7-. The molecular weight excluding hydrogens is 424 g/mol. The van der Waals surface area contributed by atoms with Crippen molar-refractivity contribution in [2.45, 2.75) is 84.0 Å². The summed E-state index contributed by atoms with van der Waals surface area (Å²) in [5, 5.41) is 14.1. The molecule has 0 aliphatic carbocycles. The molecule has 2 amide bonds. The molecule has 8 heteroatoms. The van der Waals surface area contributed by atoms with Gasteiger partial charge in [0.05, 0.1) is 33.0 Å². The molecule has 0 saturated carbocycles. The number of aliphatic hydroxyl groups excluding tert-OH is 1. The molecule has 0 rings (SSSR count). The van der Waals surface area contributed by atoms with Crippen molar-refractivity contribution in [1.29, 1.82) is 0 Å². The predicted molar refractivity (Wildman–Crippen MR) is 131 cm³/mol. The van der Waals surface area contributed by atoms with Crippen molar-refractivity contribution >= 4 is 12.0 Å². The Kier molecular flexibility index (Phi) is 25.3. The van der Waals surface area contributed by atoms with Gasteiger partial charge in [-0.3, -0.25) is 4.79 Å². The Balaban J connectivity index is 3.23. The molecule has 8 nitrogen and oxygen atoms in total. The van der Waals surface area contributed by atoms with Gasteiger partial charge in [-0.2, -0.15) is 0 Å². The highest BCUT2D eigenvalue weighted by Crippen LogP contribution is 2.10. The Labute approximate surface area is 200 Å². The fourth-order valence-corrected chi connectivity index (χ4v) is 3.14. The quantitative estimate of drug-likeness (QED) is 0.111. The van der Waals surface area contributed by atoms with E-state index in [2.05, 4.69) is 22.8 Å². The highest BCUT2D eigenvalue weighted by atomic mass is 16.6. The minimum atomic E-state index is -0.153. The van der Waals surface area contributed by atoms with E-state index in [1.807, 2.05) is 6.92 Å². The van der Waals surface area contributed by atoms with E-state index in [0.29, 0.717) is 39.4 Å². The van der Waals surface area contributed by atoms with Gasteiger partial charge >= 0.3 is 12.0 Å². The van der Waals surface area contributed by atoms with E-state index in [0.717, 1.165) is 45.1 Å². The lowest BCUT2D eigenvalue weighted by Crippen LogP contribution is -2.35. The monoisotopic (exact) mass is 472 g/mol. The molecule has 0 aromatic carbocycles. The third-order valence-corrected chi connectivity index (χ3v) is 4.94. The fourth-order valence-electron chi connectivity index (χ4n) is 3.14. The maximum absolute atomic E-state index is 11.6. The second-order valence-corrected chi connectivity index (χ2v) is 7.94. The van der Waals surface area contributed by atoms with Gasteiger partial charge < -0.3 is 30.0 Å². The first kappa shape index (κ1) is 31.4. The number of carbonyl (C=O) groups excluding carboxylic acids is 2. The average molecular weight is 473 g/mol. The molecule has 0 aromatic heterocycles. The maximum Gasteiger partial charge on any atom is 0.314 e. The van der Waals surface area contributed by atoms with E-state index >= 15 is 0 Å².